The number of hydrogen-bond acceptors (Lipinski definition) is 3. The summed E-state index contributed by atoms with van der Waals surface area (Å²) < 4.78 is 30.1. The van der Waals surface area contributed by atoms with E-state index in [1.54, 1.807) is 41.2 Å². The summed E-state index contributed by atoms with van der Waals surface area (Å²) >= 11 is 9.31. The van der Waals surface area contributed by atoms with Crippen molar-refractivity contribution in [2.75, 3.05) is 4.72 Å². The molecule has 124 valence electrons. The molecule has 3 rings (SSSR count). The van der Waals surface area contributed by atoms with E-state index in [-0.39, 0.29) is 9.92 Å². The summed E-state index contributed by atoms with van der Waals surface area (Å²) in [7, 11) is -3.79. The lowest BCUT2D eigenvalue weighted by molar-refractivity contribution is 0.601. The number of anilines is 1. The third-order valence-corrected chi connectivity index (χ3v) is 5.72. The minimum absolute atomic E-state index is 0.0213. The number of benzene rings is 2. The number of sulfonamides is 1. The van der Waals surface area contributed by atoms with Gasteiger partial charge in [0.25, 0.3) is 10.0 Å². The second-order valence-corrected chi connectivity index (χ2v) is 8.09. The number of aromatic nitrogens is 2. The minimum Gasteiger partial charge on any atom is -0.280 e. The Morgan fingerprint density at radius 1 is 1.17 bits per heavy atom. The molecule has 0 bridgehead atoms. The van der Waals surface area contributed by atoms with Crippen LogP contribution in [0.25, 0.3) is 5.69 Å². The maximum absolute atomic E-state index is 12.6. The van der Waals surface area contributed by atoms with Crippen LogP contribution in [0.2, 0.25) is 5.02 Å². The zero-order chi connectivity index (χ0) is 17.3. The van der Waals surface area contributed by atoms with Gasteiger partial charge in [0.15, 0.2) is 0 Å². The first kappa shape index (κ1) is 17.0. The molecule has 5 nitrogen and oxygen atoms in total. The van der Waals surface area contributed by atoms with Crippen molar-refractivity contribution < 1.29 is 8.42 Å². The number of halogens is 2. The van der Waals surface area contributed by atoms with Crippen LogP contribution in [-0.2, 0) is 10.0 Å². The molecule has 0 aliphatic heterocycles. The highest BCUT2D eigenvalue weighted by atomic mass is 79.9. The van der Waals surface area contributed by atoms with Gasteiger partial charge < -0.3 is 0 Å². The molecule has 0 saturated carbocycles. The van der Waals surface area contributed by atoms with Crippen molar-refractivity contribution in [3.63, 3.8) is 0 Å². The predicted octanol–water partition coefficient (Wildman–Crippen LogP) is 4.40. The van der Waals surface area contributed by atoms with E-state index in [0.29, 0.717) is 10.2 Å². The van der Waals surface area contributed by atoms with Crippen molar-refractivity contribution in [1.82, 2.24) is 9.78 Å². The largest absolute Gasteiger partial charge is 0.280 e. The molecular weight excluding hydrogens is 414 g/mol. The van der Waals surface area contributed by atoms with Gasteiger partial charge in [0.2, 0.25) is 0 Å². The van der Waals surface area contributed by atoms with Crippen molar-refractivity contribution in [1.29, 1.82) is 0 Å². The van der Waals surface area contributed by atoms with Crippen LogP contribution < -0.4 is 4.72 Å². The van der Waals surface area contributed by atoms with E-state index in [0.717, 1.165) is 11.4 Å². The molecule has 3 aromatic rings. The summed E-state index contributed by atoms with van der Waals surface area (Å²) in [5.74, 6) is 0. The topological polar surface area (TPSA) is 64.0 Å². The zero-order valence-electron chi connectivity index (χ0n) is 12.6. The molecule has 0 aliphatic rings. The van der Waals surface area contributed by atoms with E-state index in [1.807, 2.05) is 19.1 Å². The van der Waals surface area contributed by atoms with E-state index in [1.165, 1.54) is 6.07 Å². The number of nitrogens with one attached hydrogen (secondary N) is 1. The Balaban J connectivity index is 1.95. The van der Waals surface area contributed by atoms with Crippen LogP contribution in [0.3, 0.4) is 0 Å². The monoisotopic (exact) mass is 425 g/mol. The standard InChI is InChI=1S/C16H13BrClN3O2S/c1-11-7-8-19-21(11)14-4-2-3-13(10-14)20-24(22,23)16-6-5-12(17)9-15(16)18/h2-10,20H,1H3. The molecule has 1 aromatic heterocycles. The maximum atomic E-state index is 12.6. The highest BCUT2D eigenvalue weighted by Gasteiger charge is 2.18. The van der Waals surface area contributed by atoms with Crippen LogP contribution in [0.4, 0.5) is 5.69 Å². The fourth-order valence-corrected chi connectivity index (χ4v) is 4.33. The van der Waals surface area contributed by atoms with Gasteiger partial charge in [0.1, 0.15) is 4.90 Å². The van der Waals surface area contributed by atoms with Crippen LogP contribution in [0.5, 0.6) is 0 Å². The highest BCUT2D eigenvalue weighted by Crippen LogP contribution is 2.27. The summed E-state index contributed by atoms with van der Waals surface area (Å²) in [6.45, 7) is 1.92. The lowest BCUT2D eigenvalue weighted by atomic mass is 10.3. The molecule has 0 radical (unpaired) electrons. The first-order valence-corrected chi connectivity index (χ1v) is 9.61. The molecule has 0 unspecified atom stereocenters. The van der Waals surface area contributed by atoms with Crippen LogP contribution in [0.1, 0.15) is 5.69 Å². The lowest BCUT2D eigenvalue weighted by Crippen LogP contribution is -2.13. The van der Waals surface area contributed by atoms with E-state index >= 15 is 0 Å². The second kappa shape index (κ2) is 6.58. The quantitative estimate of drug-likeness (QED) is 0.672. The summed E-state index contributed by atoms with van der Waals surface area (Å²) in [4.78, 5) is 0.0213. The van der Waals surface area contributed by atoms with Gasteiger partial charge in [0, 0.05) is 16.4 Å². The molecule has 0 aliphatic carbocycles. The molecule has 0 saturated heterocycles. The van der Waals surface area contributed by atoms with Crippen LogP contribution in [-0.4, -0.2) is 18.2 Å². The van der Waals surface area contributed by atoms with Gasteiger partial charge in [0.05, 0.1) is 16.4 Å². The Bertz CT molecular complexity index is 1000. The third kappa shape index (κ3) is 3.48. The number of aryl methyl sites for hydroxylation is 1. The van der Waals surface area contributed by atoms with E-state index in [2.05, 4.69) is 25.8 Å². The fraction of sp³-hybridized carbons (Fsp3) is 0.0625. The molecule has 1 N–H and O–H groups in total. The van der Waals surface area contributed by atoms with Crippen molar-refractivity contribution in [2.45, 2.75) is 11.8 Å². The molecule has 0 fully saturated rings. The van der Waals surface area contributed by atoms with Gasteiger partial charge in [-0.05, 0) is 49.4 Å². The summed E-state index contributed by atoms with van der Waals surface area (Å²) in [6.07, 6.45) is 1.69. The van der Waals surface area contributed by atoms with E-state index < -0.39 is 10.0 Å². The molecular formula is C16H13BrClN3O2S. The highest BCUT2D eigenvalue weighted by molar-refractivity contribution is 9.10. The second-order valence-electron chi connectivity index (χ2n) is 5.11. The number of nitrogens with zero attached hydrogens (tertiary/aromatic N) is 2. The van der Waals surface area contributed by atoms with Crippen LogP contribution in [0.15, 0.2) is 64.1 Å². The fourth-order valence-electron chi connectivity index (χ4n) is 2.24. The van der Waals surface area contributed by atoms with Gasteiger partial charge in [-0.2, -0.15) is 5.10 Å². The van der Waals surface area contributed by atoms with Crippen LogP contribution in [0, 0.1) is 6.92 Å². The van der Waals surface area contributed by atoms with Gasteiger partial charge in [-0.3, -0.25) is 4.72 Å². The smallest absolute Gasteiger partial charge is 0.263 e. The average Bonchev–Trinajstić information content (AvgIpc) is 2.92. The Kier molecular flexibility index (Phi) is 4.67. The van der Waals surface area contributed by atoms with Gasteiger partial charge >= 0.3 is 0 Å². The van der Waals surface area contributed by atoms with Crippen molar-refractivity contribution in [2.24, 2.45) is 0 Å². The molecule has 2 aromatic carbocycles. The maximum Gasteiger partial charge on any atom is 0.263 e. The van der Waals surface area contributed by atoms with E-state index in [4.69, 9.17) is 11.6 Å². The average molecular weight is 427 g/mol. The first-order valence-electron chi connectivity index (χ1n) is 6.96. The van der Waals surface area contributed by atoms with Crippen molar-refractivity contribution in [3.8, 4) is 5.69 Å². The molecule has 0 amide bonds. The lowest BCUT2D eigenvalue weighted by Gasteiger charge is -2.11. The number of rotatable bonds is 4. The summed E-state index contributed by atoms with van der Waals surface area (Å²) in [6, 6.07) is 13.5. The minimum atomic E-state index is -3.79. The first-order chi connectivity index (χ1) is 11.4. The zero-order valence-corrected chi connectivity index (χ0v) is 15.7. The molecule has 0 spiro atoms. The Morgan fingerprint density at radius 2 is 1.96 bits per heavy atom. The van der Waals surface area contributed by atoms with Gasteiger partial charge in [-0.1, -0.05) is 33.6 Å². The van der Waals surface area contributed by atoms with E-state index in [9.17, 15) is 8.42 Å². The van der Waals surface area contributed by atoms with Gasteiger partial charge in [-0.15, -0.1) is 0 Å². The molecule has 24 heavy (non-hydrogen) atoms. The molecule has 1 heterocycles. The third-order valence-electron chi connectivity index (χ3n) is 3.36. The predicted molar refractivity (Wildman–Crippen MR) is 98.3 cm³/mol. The van der Waals surface area contributed by atoms with Crippen molar-refractivity contribution in [3.05, 3.63) is 69.9 Å². The van der Waals surface area contributed by atoms with Crippen molar-refractivity contribution >= 4 is 43.2 Å². The summed E-state index contributed by atoms with van der Waals surface area (Å²) in [5.41, 5.74) is 2.15. The number of hydrogen-bond donors (Lipinski definition) is 1. The Labute approximate surface area is 153 Å². The normalized spacial score (nSPS) is 11.5. The molecule has 8 heteroatoms. The summed E-state index contributed by atoms with van der Waals surface area (Å²) in [5, 5.41) is 4.37. The Morgan fingerprint density at radius 3 is 2.62 bits per heavy atom. The van der Waals surface area contributed by atoms with Crippen LogP contribution >= 0.6 is 27.5 Å². The van der Waals surface area contributed by atoms with Gasteiger partial charge in [-0.25, -0.2) is 13.1 Å². The SMILES string of the molecule is Cc1ccnn1-c1cccc(NS(=O)(=O)c2ccc(Br)cc2Cl)c1. The molecule has 0 atom stereocenters. The Hall–Kier alpha value is -1.83.